The molecule has 0 saturated heterocycles. The average Bonchev–Trinajstić information content (AvgIpc) is 2.28. The molecule has 0 spiro atoms. The first-order valence-corrected chi connectivity index (χ1v) is 5.62. The van der Waals surface area contributed by atoms with E-state index in [0.717, 1.165) is 4.47 Å². The van der Waals surface area contributed by atoms with Gasteiger partial charge in [-0.3, -0.25) is 10.1 Å². The first-order chi connectivity index (χ1) is 8.04. The van der Waals surface area contributed by atoms with E-state index in [4.69, 9.17) is 0 Å². The van der Waals surface area contributed by atoms with Crippen molar-refractivity contribution in [3.05, 3.63) is 50.1 Å². The highest BCUT2D eigenvalue weighted by Gasteiger charge is 2.22. The second-order valence-electron chi connectivity index (χ2n) is 3.06. The first-order valence-electron chi connectivity index (χ1n) is 4.83. The van der Waals surface area contributed by atoms with Crippen molar-refractivity contribution >= 4 is 28.0 Å². The average molecular weight is 300 g/mol. The molecule has 1 aromatic rings. The molecule has 90 valence electrons. The fraction of sp³-hybridized carbons (Fsp3) is 0.182. The lowest BCUT2D eigenvalue weighted by atomic mass is 10.2. The van der Waals surface area contributed by atoms with Gasteiger partial charge in [0.25, 0.3) is 0 Å². The van der Waals surface area contributed by atoms with Crippen molar-refractivity contribution in [1.82, 2.24) is 0 Å². The monoisotopic (exact) mass is 299 g/mol. The number of rotatable bonds is 4. The molecule has 0 unspecified atom stereocenters. The zero-order valence-electron chi connectivity index (χ0n) is 9.05. The van der Waals surface area contributed by atoms with Gasteiger partial charge in [0.1, 0.15) is 0 Å². The molecule has 0 amide bonds. The third-order valence-corrected chi connectivity index (χ3v) is 2.38. The van der Waals surface area contributed by atoms with Crippen LogP contribution in [0.2, 0.25) is 0 Å². The van der Waals surface area contributed by atoms with Crippen molar-refractivity contribution in [3.8, 4) is 0 Å². The number of carbonyl (C=O) groups is 1. The highest BCUT2D eigenvalue weighted by molar-refractivity contribution is 9.10. The molecule has 0 saturated carbocycles. The summed E-state index contributed by atoms with van der Waals surface area (Å²) in [6.45, 7) is 1.69. The minimum Gasteiger partial charge on any atom is -0.458 e. The molecule has 0 fully saturated rings. The Balaban J connectivity index is 3.02. The molecule has 0 N–H and O–H groups in total. The van der Waals surface area contributed by atoms with Gasteiger partial charge in [0.05, 0.1) is 11.5 Å². The molecular weight excluding hydrogens is 290 g/mol. The summed E-state index contributed by atoms with van der Waals surface area (Å²) in [4.78, 5) is 21.3. The van der Waals surface area contributed by atoms with Crippen molar-refractivity contribution in [1.29, 1.82) is 0 Å². The maximum atomic E-state index is 11.3. The summed E-state index contributed by atoms with van der Waals surface area (Å²) in [5.74, 6) is -0.930. The van der Waals surface area contributed by atoms with Crippen LogP contribution in [0, 0.1) is 10.1 Å². The minimum atomic E-state index is -0.930. The summed E-state index contributed by atoms with van der Waals surface area (Å²) in [5.41, 5.74) is -0.0119. The van der Waals surface area contributed by atoms with Crippen LogP contribution in [0.4, 0.5) is 0 Å². The third kappa shape index (κ3) is 3.99. The molecule has 5 nitrogen and oxygen atoms in total. The quantitative estimate of drug-likeness (QED) is 0.371. The predicted molar refractivity (Wildman–Crippen MR) is 65.7 cm³/mol. The number of carbonyl (C=O) groups excluding carboxylic acids is 1. The van der Waals surface area contributed by atoms with Crippen molar-refractivity contribution in [2.75, 3.05) is 6.61 Å². The molecule has 0 bridgehead atoms. The van der Waals surface area contributed by atoms with Crippen molar-refractivity contribution in [2.24, 2.45) is 0 Å². The summed E-state index contributed by atoms with van der Waals surface area (Å²) in [7, 11) is 0. The van der Waals surface area contributed by atoms with Crippen LogP contribution in [-0.2, 0) is 9.53 Å². The number of esters is 1. The molecule has 1 aromatic carbocycles. The van der Waals surface area contributed by atoms with Crippen LogP contribution in [0.5, 0.6) is 0 Å². The number of benzene rings is 1. The third-order valence-electron chi connectivity index (χ3n) is 1.85. The van der Waals surface area contributed by atoms with Crippen molar-refractivity contribution < 1.29 is 14.5 Å². The van der Waals surface area contributed by atoms with Crippen LogP contribution < -0.4 is 0 Å². The zero-order valence-corrected chi connectivity index (χ0v) is 10.6. The van der Waals surface area contributed by atoms with Crippen molar-refractivity contribution in [3.63, 3.8) is 0 Å². The van der Waals surface area contributed by atoms with Gasteiger partial charge in [-0.2, -0.15) is 0 Å². The van der Waals surface area contributed by atoms with Gasteiger partial charge in [0.2, 0.25) is 0 Å². The van der Waals surface area contributed by atoms with E-state index in [1.807, 2.05) is 0 Å². The number of hydrogen-bond donors (Lipinski definition) is 0. The Morgan fingerprint density at radius 3 is 2.53 bits per heavy atom. The van der Waals surface area contributed by atoms with Crippen molar-refractivity contribution in [2.45, 2.75) is 6.92 Å². The fourth-order valence-electron chi connectivity index (χ4n) is 1.11. The molecule has 0 radical (unpaired) electrons. The summed E-state index contributed by atoms with van der Waals surface area (Å²) in [5, 5.41) is 10.7. The standard InChI is InChI=1S/C11H10BrNO4/c1-2-17-11(14)10(13(15)16)7-8-3-5-9(12)6-4-8/h3-7H,2H2,1H3. The second kappa shape index (κ2) is 6.15. The fourth-order valence-corrected chi connectivity index (χ4v) is 1.37. The summed E-state index contributed by atoms with van der Waals surface area (Å²) >= 11 is 3.25. The van der Waals surface area contributed by atoms with Gasteiger partial charge in [0, 0.05) is 10.5 Å². The van der Waals surface area contributed by atoms with E-state index >= 15 is 0 Å². The maximum Gasteiger partial charge on any atom is 0.409 e. The predicted octanol–water partition coefficient (Wildman–Crippen LogP) is 2.63. The Hall–Kier alpha value is -1.69. The van der Waals surface area contributed by atoms with E-state index in [-0.39, 0.29) is 6.61 Å². The molecule has 6 heteroatoms. The lowest BCUT2D eigenvalue weighted by molar-refractivity contribution is -0.419. The number of nitro groups is 1. The Morgan fingerprint density at radius 1 is 1.47 bits per heavy atom. The van der Waals surface area contributed by atoms with Crippen LogP contribution in [0.1, 0.15) is 12.5 Å². The topological polar surface area (TPSA) is 69.4 Å². The summed E-state index contributed by atoms with van der Waals surface area (Å²) in [6.07, 6.45) is 1.18. The molecule has 0 aliphatic carbocycles. The lowest BCUT2D eigenvalue weighted by Gasteiger charge is -1.99. The number of halogens is 1. The zero-order chi connectivity index (χ0) is 12.8. The van der Waals surface area contributed by atoms with Gasteiger partial charge >= 0.3 is 11.7 Å². The SMILES string of the molecule is CCOC(=O)C(=Cc1ccc(Br)cc1)[N+](=O)[O-]. The van der Waals surface area contributed by atoms with E-state index in [1.165, 1.54) is 6.08 Å². The molecule has 0 aliphatic rings. The Labute approximate surface area is 106 Å². The maximum absolute atomic E-state index is 11.3. The normalized spacial score (nSPS) is 11.1. The van der Waals surface area contributed by atoms with E-state index < -0.39 is 16.6 Å². The van der Waals surface area contributed by atoms with Crippen LogP contribution in [-0.4, -0.2) is 17.5 Å². The van der Waals surface area contributed by atoms with Gasteiger partial charge in [-0.15, -0.1) is 0 Å². The molecule has 17 heavy (non-hydrogen) atoms. The largest absolute Gasteiger partial charge is 0.458 e. The second-order valence-corrected chi connectivity index (χ2v) is 3.97. The van der Waals surface area contributed by atoms with Gasteiger partial charge in [-0.05, 0) is 24.6 Å². The van der Waals surface area contributed by atoms with Crippen LogP contribution in [0.3, 0.4) is 0 Å². The van der Waals surface area contributed by atoms with E-state index in [9.17, 15) is 14.9 Å². The smallest absolute Gasteiger partial charge is 0.409 e. The van der Waals surface area contributed by atoms with E-state index in [2.05, 4.69) is 20.7 Å². The first kappa shape index (κ1) is 13.4. The van der Waals surface area contributed by atoms with E-state index in [1.54, 1.807) is 31.2 Å². The number of nitrogens with zero attached hydrogens (tertiary/aromatic N) is 1. The highest BCUT2D eigenvalue weighted by atomic mass is 79.9. The summed E-state index contributed by atoms with van der Waals surface area (Å²) in [6, 6.07) is 6.78. The molecule has 0 aromatic heterocycles. The Kier molecular flexibility index (Phi) is 4.84. The van der Waals surface area contributed by atoms with E-state index in [0.29, 0.717) is 5.56 Å². The molecule has 0 atom stereocenters. The van der Waals surface area contributed by atoms with Gasteiger partial charge in [-0.1, -0.05) is 28.1 Å². The number of ether oxygens (including phenoxy) is 1. The number of hydrogen-bond acceptors (Lipinski definition) is 4. The highest BCUT2D eigenvalue weighted by Crippen LogP contribution is 2.14. The minimum absolute atomic E-state index is 0.102. The van der Waals surface area contributed by atoms with Crippen LogP contribution in [0.15, 0.2) is 34.4 Å². The van der Waals surface area contributed by atoms with Gasteiger partial charge in [-0.25, -0.2) is 4.79 Å². The Morgan fingerprint density at radius 2 is 2.06 bits per heavy atom. The van der Waals surface area contributed by atoms with Crippen LogP contribution >= 0.6 is 15.9 Å². The molecule has 1 rings (SSSR count). The molecule has 0 aliphatic heterocycles. The van der Waals surface area contributed by atoms with Gasteiger partial charge in [0.15, 0.2) is 0 Å². The summed E-state index contributed by atoms with van der Waals surface area (Å²) < 4.78 is 5.46. The van der Waals surface area contributed by atoms with Crippen LogP contribution in [0.25, 0.3) is 6.08 Å². The van der Waals surface area contributed by atoms with Gasteiger partial charge < -0.3 is 4.74 Å². The lowest BCUT2D eigenvalue weighted by Crippen LogP contribution is -2.14. The Bertz CT molecular complexity index is 453. The molecule has 0 heterocycles. The molecular formula is C11H10BrNO4.